The summed E-state index contributed by atoms with van der Waals surface area (Å²) in [5.41, 5.74) is 0. The Morgan fingerprint density at radius 1 is 1.50 bits per heavy atom. The fourth-order valence-electron chi connectivity index (χ4n) is 1.40. The van der Waals surface area contributed by atoms with Crippen LogP contribution in [0.2, 0.25) is 0 Å². The first-order chi connectivity index (χ1) is 6.34. The van der Waals surface area contributed by atoms with Crippen molar-refractivity contribution >= 4 is 16.0 Å². The maximum Gasteiger partial charge on any atom is 0.303 e. The van der Waals surface area contributed by atoms with Crippen LogP contribution in [0.4, 0.5) is 0 Å². The number of hydrogen-bond donors (Lipinski definition) is 1. The van der Waals surface area contributed by atoms with Gasteiger partial charge in [-0.3, -0.25) is 4.79 Å². The molecule has 0 aromatic heterocycles. The van der Waals surface area contributed by atoms with E-state index in [1.165, 1.54) is 4.31 Å². The minimum Gasteiger partial charge on any atom is -0.481 e. The second kappa shape index (κ2) is 3.86. The van der Waals surface area contributed by atoms with E-state index in [4.69, 9.17) is 5.11 Å². The number of aliphatic carboxylic acids is 1. The normalized spacial score (nSPS) is 19.6. The lowest BCUT2D eigenvalue weighted by atomic mass is 10.00. The summed E-state index contributed by atoms with van der Waals surface area (Å²) < 4.78 is 24.4. The Hall–Kier alpha value is -0.620. The highest BCUT2D eigenvalue weighted by Crippen LogP contribution is 2.24. The second-order valence-electron chi connectivity index (χ2n) is 3.87. The summed E-state index contributed by atoms with van der Waals surface area (Å²) in [5.74, 6) is -0.877. The van der Waals surface area contributed by atoms with E-state index in [1.54, 1.807) is 13.8 Å². The molecule has 1 rings (SSSR count). The standard InChI is InChI=1S/C8H15NO4S/c1-6(2)14(12,13)9-4-7(5-9)3-8(10)11/h6-7H,3-5H2,1-2H3,(H,10,11). The Balaban J connectivity index is 2.45. The van der Waals surface area contributed by atoms with Gasteiger partial charge in [0.15, 0.2) is 0 Å². The molecule has 1 heterocycles. The van der Waals surface area contributed by atoms with Gasteiger partial charge in [-0.15, -0.1) is 0 Å². The third-order valence-electron chi connectivity index (χ3n) is 2.34. The van der Waals surface area contributed by atoms with E-state index < -0.39 is 21.2 Å². The van der Waals surface area contributed by atoms with Crippen molar-refractivity contribution in [3.63, 3.8) is 0 Å². The highest BCUT2D eigenvalue weighted by molar-refractivity contribution is 7.89. The maximum absolute atomic E-state index is 11.5. The topological polar surface area (TPSA) is 74.7 Å². The second-order valence-corrected chi connectivity index (χ2v) is 6.36. The molecule has 0 aromatic carbocycles. The predicted molar refractivity (Wildman–Crippen MR) is 51.4 cm³/mol. The van der Waals surface area contributed by atoms with Crippen LogP contribution in [0.1, 0.15) is 20.3 Å². The Bertz CT molecular complexity index is 316. The van der Waals surface area contributed by atoms with Gasteiger partial charge in [0.1, 0.15) is 0 Å². The number of sulfonamides is 1. The zero-order valence-corrected chi connectivity index (χ0v) is 9.12. The van der Waals surface area contributed by atoms with Crippen LogP contribution in [-0.2, 0) is 14.8 Å². The molecule has 1 aliphatic heterocycles. The molecule has 5 nitrogen and oxygen atoms in total. The molecule has 14 heavy (non-hydrogen) atoms. The van der Waals surface area contributed by atoms with E-state index in [0.29, 0.717) is 13.1 Å². The molecule has 0 radical (unpaired) electrons. The first-order valence-corrected chi connectivity index (χ1v) is 6.05. The number of hydrogen-bond acceptors (Lipinski definition) is 3. The van der Waals surface area contributed by atoms with Gasteiger partial charge < -0.3 is 5.11 Å². The van der Waals surface area contributed by atoms with Crippen LogP contribution in [0.15, 0.2) is 0 Å². The molecule has 0 aliphatic carbocycles. The Labute approximate surface area is 83.8 Å². The third kappa shape index (κ3) is 2.24. The molecule has 1 N–H and O–H groups in total. The molecule has 1 fully saturated rings. The van der Waals surface area contributed by atoms with Crippen LogP contribution in [0.3, 0.4) is 0 Å². The van der Waals surface area contributed by atoms with Gasteiger partial charge in [0.2, 0.25) is 10.0 Å². The summed E-state index contributed by atoms with van der Waals surface area (Å²) in [4.78, 5) is 10.3. The average molecular weight is 221 g/mol. The fraction of sp³-hybridized carbons (Fsp3) is 0.875. The summed E-state index contributed by atoms with van der Waals surface area (Å²) in [6, 6.07) is 0. The molecule has 0 atom stereocenters. The number of carboxylic acid groups (broad SMARTS) is 1. The van der Waals surface area contributed by atoms with E-state index >= 15 is 0 Å². The van der Waals surface area contributed by atoms with Gasteiger partial charge in [0, 0.05) is 13.1 Å². The summed E-state index contributed by atoms with van der Waals surface area (Å²) >= 11 is 0. The number of rotatable bonds is 4. The van der Waals surface area contributed by atoms with Gasteiger partial charge in [0.05, 0.1) is 11.7 Å². The van der Waals surface area contributed by atoms with E-state index in [0.717, 1.165) is 0 Å². The molecule has 0 amide bonds. The molecule has 6 heteroatoms. The molecule has 0 unspecified atom stereocenters. The van der Waals surface area contributed by atoms with Crippen molar-refractivity contribution in [3.8, 4) is 0 Å². The van der Waals surface area contributed by atoms with E-state index in [2.05, 4.69) is 0 Å². The van der Waals surface area contributed by atoms with Gasteiger partial charge in [-0.25, -0.2) is 12.7 Å². The van der Waals surface area contributed by atoms with Gasteiger partial charge in [-0.1, -0.05) is 0 Å². The SMILES string of the molecule is CC(C)S(=O)(=O)N1CC(CC(=O)O)C1. The maximum atomic E-state index is 11.5. The summed E-state index contributed by atoms with van der Waals surface area (Å²) in [6.45, 7) is 3.96. The smallest absolute Gasteiger partial charge is 0.303 e. The van der Waals surface area contributed by atoms with Gasteiger partial charge in [0.25, 0.3) is 0 Å². The van der Waals surface area contributed by atoms with E-state index in [-0.39, 0.29) is 12.3 Å². The Kier molecular flexibility index (Phi) is 3.16. The van der Waals surface area contributed by atoms with Gasteiger partial charge in [-0.2, -0.15) is 0 Å². The first kappa shape index (κ1) is 11.5. The molecule has 0 bridgehead atoms. The van der Waals surface area contributed by atoms with Crippen molar-refractivity contribution in [2.75, 3.05) is 13.1 Å². The zero-order chi connectivity index (χ0) is 10.9. The van der Waals surface area contributed by atoms with E-state index in [9.17, 15) is 13.2 Å². The number of nitrogens with zero attached hydrogens (tertiary/aromatic N) is 1. The number of carboxylic acids is 1. The van der Waals surface area contributed by atoms with Crippen molar-refractivity contribution < 1.29 is 18.3 Å². The molecule has 1 saturated heterocycles. The molecule has 0 saturated carbocycles. The van der Waals surface area contributed by atoms with Gasteiger partial charge >= 0.3 is 5.97 Å². The predicted octanol–water partition coefficient (Wildman–Crippen LogP) is 0.131. The minimum absolute atomic E-state index is 0.0129. The van der Waals surface area contributed by atoms with Crippen molar-refractivity contribution in [3.05, 3.63) is 0 Å². The molecule has 0 aromatic rings. The number of carbonyl (C=O) groups is 1. The monoisotopic (exact) mass is 221 g/mol. The van der Waals surface area contributed by atoms with Crippen molar-refractivity contribution in [2.24, 2.45) is 5.92 Å². The van der Waals surface area contributed by atoms with Crippen LogP contribution < -0.4 is 0 Å². The van der Waals surface area contributed by atoms with Crippen molar-refractivity contribution in [1.82, 2.24) is 4.31 Å². The highest BCUT2D eigenvalue weighted by atomic mass is 32.2. The zero-order valence-electron chi connectivity index (χ0n) is 8.30. The first-order valence-electron chi connectivity index (χ1n) is 4.54. The van der Waals surface area contributed by atoms with Crippen LogP contribution in [0.5, 0.6) is 0 Å². The van der Waals surface area contributed by atoms with Crippen molar-refractivity contribution in [1.29, 1.82) is 0 Å². The lowest BCUT2D eigenvalue weighted by Crippen LogP contribution is -2.52. The minimum atomic E-state index is -3.17. The summed E-state index contributed by atoms with van der Waals surface area (Å²) in [7, 11) is -3.17. The molecule has 82 valence electrons. The van der Waals surface area contributed by atoms with Crippen LogP contribution in [-0.4, -0.2) is 42.1 Å². The Morgan fingerprint density at radius 2 is 2.00 bits per heavy atom. The van der Waals surface area contributed by atoms with Gasteiger partial charge in [-0.05, 0) is 19.8 Å². The Morgan fingerprint density at radius 3 is 2.36 bits per heavy atom. The molecule has 0 spiro atoms. The lowest BCUT2D eigenvalue weighted by molar-refractivity contribution is -0.139. The summed E-state index contributed by atoms with van der Waals surface area (Å²) in [5, 5.41) is 8.06. The van der Waals surface area contributed by atoms with Crippen LogP contribution in [0.25, 0.3) is 0 Å². The average Bonchev–Trinajstić information content (AvgIpc) is 1.94. The lowest BCUT2D eigenvalue weighted by Gasteiger charge is -2.38. The van der Waals surface area contributed by atoms with Crippen LogP contribution >= 0.6 is 0 Å². The quantitative estimate of drug-likeness (QED) is 0.732. The molecular weight excluding hydrogens is 206 g/mol. The van der Waals surface area contributed by atoms with Crippen LogP contribution in [0, 0.1) is 5.92 Å². The van der Waals surface area contributed by atoms with E-state index in [1.807, 2.05) is 0 Å². The highest BCUT2D eigenvalue weighted by Gasteiger charge is 2.37. The molecule has 1 aliphatic rings. The summed E-state index contributed by atoms with van der Waals surface area (Å²) in [6.07, 6.45) is 0.0596. The fourth-order valence-corrected chi connectivity index (χ4v) is 2.84. The largest absolute Gasteiger partial charge is 0.481 e. The third-order valence-corrected chi connectivity index (χ3v) is 4.55. The molecular formula is C8H15NO4S. The van der Waals surface area contributed by atoms with Crippen molar-refractivity contribution in [2.45, 2.75) is 25.5 Å².